The quantitative estimate of drug-likeness (QED) is 0.809. The number of hydrogen-bond acceptors (Lipinski definition) is 4. The van der Waals surface area contributed by atoms with Crippen molar-refractivity contribution in [1.29, 1.82) is 0 Å². The second kappa shape index (κ2) is 7.68. The molecule has 1 atom stereocenters. The molecule has 1 heterocycles. The molecule has 5 nitrogen and oxygen atoms in total. The summed E-state index contributed by atoms with van der Waals surface area (Å²) in [7, 11) is 0.289. The minimum Gasteiger partial charge on any atom is -0.378 e. The fourth-order valence-electron chi connectivity index (χ4n) is 3.32. The van der Waals surface area contributed by atoms with Crippen molar-refractivity contribution >= 4 is 21.4 Å². The molecule has 0 spiro atoms. The van der Waals surface area contributed by atoms with Crippen molar-refractivity contribution in [3.05, 3.63) is 65.5 Å². The lowest BCUT2D eigenvalue weighted by molar-refractivity contribution is 0.0766. The van der Waals surface area contributed by atoms with Crippen LogP contribution in [0.4, 0.5) is 10.1 Å². The molecule has 1 unspecified atom stereocenters. The van der Waals surface area contributed by atoms with Crippen LogP contribution in [0.15, 0.2) is 48.5 Å². The molecule has 144 valence electrons. The first-order valence-corrected chi connectivity index (χ1v) is 10.5. The van der Waals surface area contributed by atoms with Gasteiger partial charge >= 0.3 is 0 Å². The number of carbonyl (C=O) groups is 1. The van der Waals surface area contributed by atoms with E-state index in [4.69, 9.17) is 0 Å². The van der Waals surface area contributed by atoms with Crippen LogP contribution < -0.4 is 4.90 Å². The van der Waals surface area contributed by atoms with Crippen molar-refractivity contribution < 1.29 is 17.6 Å². The summed E-state index contributed by atoms with van der Waals surface area (Å²) in [4.78, 5) is 16.3. The molecule has 0 saturated carbocycles. The van der Waals surface area contributed by atoms with E-state index >= 15 is 0 Å². The van der Waals surface area contributed by atoms with Gasteiger partial charge in [0.2, 0.25) is 0 Å². The molecular formula is C20H23FN2O3S. The SMILES string of the molecule is CN(C)c1ccc(C(=O)N2CCC(c3ccccc3F)S(=O)(=O)CC2)cc1. The van der Waals surface area contributed by atoms with Crippen LogP contribution in [0.25, 0.3) is 0 Å². The normalized spacial score (nSPS) is 19.4. The first-order chi connectivity index (χ1) is 12.8. The monoisotopic (exact) mass is 390 g/mol. The van der Waals surface area contributed by atoms with Crippen molar-refractivity contribution in [3.8, 4) is 0 Å². The number of nitrogens with zero attached hydrogens (tertiary/aromatic N) is 2. The summed E-state index contributed by atoms with van der Waals surface area (Å²) in [6.45, 7) is 0.383. The Morgan fingerprint density at radius 2 is 1.74 bits per heavy atom. The largest absolute Gasteiger partial charge is 0.378 e. The number of rotatable bonds is 3. The summed E-state index contributed by atoms with van der Waals surface area (Å²) in [6.07, 6.45) is 0.185. The van der Waals surface area contributed by atoms with Gasteiger partial charge in [-0.15, -0.1) is 0 Å². The van der Waals surface area contributed by atoms with Crippen LogP contribution >= 0.6 is 0 Å². The van der Waals surface area contributed by atoms with Crippen molar-refractivity contribution in [2.45, 2.75) is 11.7 Å². The van der Waals surface area contributed by atoms with Gasteiger partial charge in [-0.25, -0.2) is 12.8 Å². The minimum absolute atomic E-state index is 0.113. The zero-order chi connectivity index (χ0) is 19.6. The zero-order valence-corrected chi connectivity index (χ0v) is 16.2. The summed E-state index contributed by atoms with van der Waals surface area (Å²) in [6, 6.07) is 13.1. The Morgan fingerprint density at radius 1 is 1.07 bits per heavy atom. The molecule has 0 aromatic heterocycles. The van der Waals surface area contributed by atoms with Gasteiger partial charge in [0.05, 0.1) is 11.0 Å². The Kier molecular flexibility index (Phi) is 5.51. The Labute approximate surface area is 159 Å². The second-order valence-electron chi connectivity index (χ2n) is 6.90. The standard InChI is InChI=1S/C20H23FN2O3S/c1-22(2)16-9-7-15(8-10-16)20(24)23-12-11-19(27(25,26)14-13-23)17-5-3-4-6-18(17)21/h3-10,19H,11-14H2,1-2H3. The molecule has 1 amide bonds. The van der Waals surface area contributed by atoms with Gasteiger partial charge in [-0.3, -0.25) is 4.79 Å². The minimum atomic E-state index is -3.54. The summed E-state index contributed by atoms with van der Waals surface area (Å²) >= 11 is 0. The summed E-state index contributed by atoms with van der Waals surface area (Å²) in [5.41, 5.74) is 1.68. The third-order valence-electron chi connectivity index (χ3n) is 4.91. The van der Waals surface area contributed by atoms with Crippen LogP contribution in [0, 0.1) is 5.82 Å². The van der Waals surface area contributed by atoms with Gasteiger partial charge in [-0.05, 0) is 36.8 Å². The fraction of sp³-hybridized carbons (Fsp3) is 0.350. The highest BCUT2D eigenvalue weighted by Gasteiger charge is 2.34. The number of amides is 1. The van der Waals surface area contributed by atoms with Gasteiger partial charge in [0.1, 0.15) is 5.82 Å². The highest BCUT2D eigenvalue weighted by atomic mass is 32.2. The number of anilines is 1. The third-order valence-corrected chi connectivity index (χ3v) is 7.02. The van der Waals surface area contributed by atoms with Gasteiger partial charge in [0.15, 0.2) is 9.84 Å². The number of carbonyl (C=O) groups excluding carboxylic acids is 1. The van der Waals surface area contributed by atoms with Crippen molar-refractivity contribution in [3.63, 3.8) is 0 Å². The van der Waals surface area contributed by atoms with Gasteiger partial charge < -0.3 is 9.80 Å². The van der Waals surface area contributed by atoms with E-state index in [2.05, 4.69) is 0 Å². The summed E-state index contributed by atoms with van der Waals surface area (Å²) < 4.78 is 39.5. The van der Waals surface area contributed by atoms with Crippen LogP contribution in [0.5, 0.6) is 0 Å². The predicted molar refractivity (Wildman–Crippen MR) is 104 cm³/mol. The summed E-state index contributed by atoms with van der Waals surface area (Å²) in [5, 5.41) is -0.924. The smallest absolute Gasteiger partial charge is 0.253 e. The highest BCUT2D eigenvalue weighted by Crippen LogP contribution is 2.31. The Hall–Kier alpha value is -2.41. The summed E-state index contributed by atoms with van der Waals surface area (Å²) in [5.74, 6) is -0.900. The number of halogens is 1. The van der Waals surface area contributed by atoms with E-state index < -0.39 is 20.9 Å². The Morgan fingerprint density at radius 3 is 2.37 bits per heavy atom. The molecular weight excluding hydrogens is 367 g/mol. The Bertz CT molecular complexity index is 926. The van der Waals surface area contributed by atoms with Gasteiger partial charge in [-0.1, -0.05) is 18.2 Å². The molecule has 0 N–H and O–H groups in total. The average Bonchev–Trinajstić information content (AvgIpc) is 2.80. The van der Waals surface area contributed by atoms with E-state index in [0.717, 1.165) is 5.69 Å². The van der Waals surface area contributed by atoms with Crippen molar-refractivity contribution in [2.75, 3.05) is 37.8 Å². The molecule has 1 saturated heterocycles. The first-order valence-electron chi connectivity index (χ1n) is 8.82. The number of sulfone groups is 1. The molecule has 1 fully saturated rings. The van der Waals surface area contributed by atoms with Gasteiger partial charge in [0, 0.05) is 44.0 Å². The van der Waals surface area contributed by atoms with E-state index in [9.17, 15) is 17.6 Å². The third kappa shape index (κ3) is 4.13. The fourth-order valence-corrected chi connectivity index (χ4v) is 5.12. The lowest BCUT2D eigenvalue weighted by atomic mass is 10.1. The molecule has 0 radical (unpaired) electrons. The van der Waals surface area contributed by atoms with Crippen molar-refractivity contribution in [2.24, 2.45) is 0 Å². The van der Waals surface area contributed by atoms with E-state index in [1.54, 1.807) is 23.1 Å². The van der Waals surface area contributed by atoms with E-state index in [0.29, 0.717) is 5.56 Å². The average molecular weight is 390 g/mol. The second-order valence-corrected chi connectivity index (χ2v) is 9.20. The molecule has 0 aliphatic carbocycles. The highest BCUT2D eigenvalue weighted by molar-refractivity contribution is 7.91. The lowest BCUT2D eigenvalue weighted by Gasteiger charge is -2.21. The van der Waals surface area contributed by atoms with E-state index in [1.807, 2.05) is 31.1 Å². The molecule has 1 aliphatic rings. The lowest BCUT2D eigenvalue weighted by Crippen LogP contribution is -2.33. The van der Waals surface area contributed by atoms with Crippen LogP contribution in [0.3, 0.4) is 0 Å². The molecule has 0 bridgehead atoms. The number of hydrogen-bond donors (Lipinski definition) is 0. The van der Waals surface area contributed by atoms with Gasteiger partial charge in [0.25, 0.3) is 5.91 Å². The maximum atomic E-state index is 14.1. The molecule has 2 aromatic rings. The maximum absolute atomic E-state index is 14.1. The Balaban J connectivity index is 1.81. The van der Waals surface area contributed by atoms with Crippen LogP contribution in [-0.4, -0.2) is 52.2 Å². The predicted octanol–water partition coefficient (Wildman–Crippen LogP) is 2.89. The molecule has 2 aromatic carbocycles. The molecule has 7 heteroatoms. The van der Waals surface area contributed by atoms with E-state index in [1.165, 1.54) is 18.2 Å². The molecule has 1 aliphatic heterocycles. The maximum Gasteiger partial charge on any atom is 0.253 e. The first kappa shape index (κ1) is 19.4. The topological polar surface area (TPSA) is 57.7 Å². The van der Waals surface area contributed by atoms with Crippen molar-refractivity contribution in [1.82, 2.24) is 4.90 Å². The van der Waals surface area contributed by atoms with Crippen LogP contribution in [-0.2, 0) is 9.84 Å². The molecule has 3 rings (SSSR count). The molecule has 27 heavy (non-hydrogen) atoms. The van der Waals surface area contributed by atoms with Crippen LogP contribution in [0.2, 0.25) is 0 Å². The number of benzene rings is 2. The van der Waals surface area contributed by atoms with Crippen LogP contribution in [0.1, 0.15) is 27.6 Å². The van der Waals surface area contributed by atoms with Gasteiger partial charge in [-0.2, -0.15) is 0 Å². The zero-order valence-electron chi connectivity index (χ0n) is 15.4. The van der Waals surface area contributed by atoms with E-state index in [-0.39, 0.29) is 36.7 Å².